The topological polar surface area (TPSA) is 79.2 Å². The van der Waals surface area contributed by atoms with Crippen molar-refractivity contribution in [3.05, 3.63) is 20.8 Å². The molecule has 1 aliphatic rings. The van der Waals surface area contributed by atoms with Crippen molar-refractivity contribution in [1.82, 2.24) is 24.0 Å². The molecular weight excluding hydrogens is 296 g/mol. The average Bonchev–Trinajstić information content (AvgIpc) is 2.94. The van der Waals surface area contributed by atoms with Crippen molar-refractivity contribution in [3.8, 4) is 0 Å². The summed E-state index contributed by atoms with van der Waals surface area (Å²) >= 11 is 0. The summed E-state index contributed by atoms with van der Waals surface area (Å²) < 4.78 is 3.40. The van der Waals surface area contributed by atoms with Crippen molar-refractivity contribution < 1.29 is 0 Å². The lowest BCUT2D eigenvalue weighted by molar-refractivity contribution is 0.309. The van der Waals surface area contributed by atoms with Gasteiger partial charge in [0.1, 0.15) is 0 Å². The van der Waals surface area contributed by atoms with Crippen LogP contribution < -0.4 is 16.1 Å². The van der Waals surface area contributed by atoms with Gasteiger partial charge in [-0.15, -0.1) is 0 Å². The fourth-order valence-electron chi connectivity index (χ4n) is 3.02. The van der Waals surface area contributed by atoms with Crippen LogP contribution >= 0.6 is 0 Å². The lowest BCUT2D eigenvalue weighted by atomic mass is 10.2. The molecule has 2 aromatic heterocycles. The second-order valence-electron chi connectivity index (χ2n) is 6.32. The number of likely N-dealkylation sites (N-methyl/N-ethyl adjacent to an activating group) is 1. The molecule has 1 saturated heterocycles. The summed E-state index contributed by atoms with van der Waals surface area (Å²) in [6.45, 7) is 7.80. The van der Waals surface area contributed by atoms with Gasteiger partial charge in [0.2, 0.25) is 5.95 Å². The second-order valence-corrected chi connectivity index (χ2v) is 6.32. The number of hydrogen-bond acceptors (Lipinski definition) is 5. The largest absolute Gasteiger partial charge is 0.340 e. The van der Waals surface area contributed by atoms with E-state index in [1.807, 2.05) is 4.57 Å². The lowest BCUT2D eigenvalue weighted by Gasteiger charge is -2.34. The first-order chi connectivity index (χ1) is 10.9. The van der Waals surface area contributed by atoms with Crippen LogP contribution in [0, 0.1) is 0 Å². The second kappa shape index (κ2) is 5.84. The minimum Gasteiger partial charge on any atom is -0.340 e. The van der Waals surface area contributed by atoms with Crippen LogP contribution in [0.5, 0.6) is 0 Å². The van der Waals surface area contributed by atoms with E-state index >= 15 is 0 Å². The Morgan fingerprint density at radius 1 is 1.17 bits per heavy atom. The van der Waals surface area contributed by atoms with E-state index in [-0.39, 0.29) is 11.6 Å². The van der Waals surface area contributed by atoms with Crippen molar-refractivity contribution in [2.45, 2.75) is 26.3 Å². The first-order valence-electron chi connectivity index (χ1n) is 8.08. The first-order valence-corrected chi connectivity index (χ1v) is 8.08. The number of aromatic nitrogens is 4. The molecule has 1 atom stereocenters. The minimum absolute atomic E-state index is 0.133. The SMILES string of the molecule is CCC(C)n1c(N2CCN(C)CC2)nc2c1c(=O)[nH]c(=O)n2C. The number of aromatic amines is 1. The number of rotatable bonds is 3. The van der Waals surface area contributed by atoms with Crippen LogP contribution in [0.2, 0.25) is 0 Å². The zero-order valence-electron chi connectivity index (χ0n) is 14.2. The number of anilines is 1. The highest BCUT2D eigenvalue weighted by molar-refractivity contribution is 5.74. The van der Waals surface area contributed by atoms with Gasteiger partial charge in [-0.05, 0) is 20.4 Å². The molecular formula is C15H24N6O2. The number of imidazole rings is 1. The molecule has 1 fully saturated rings. The van der Waals surface area contributed by atoms with Gasteiger partial charge >= 0.3 is 5.69 Å². The summed E-state index contributed by atoms with van der Waals surface area (Å²) in [7, 11) is 3.74. The molecule has 8 nitrogen and oxygen atoms in total. The maximum atomic E-state index is 12.4. The van der Waals surface area contributed by atoms with E-state index < -0.39 is 5.69 Å². The van der Waals surface area contributed by atoms with Gasteiger partial charge in [-0.25, -0.2) is 4.79 Å². The van der Waals surface area contributed by atoms with Crippen LogP contribution in [0.15, 0.2) is 9.59 Å². The highest BCUT2D eigenvalue weighted by Crippen LogP contribution is 2.26. The van der Waals surface area contributed by atoms with Crippen LogP contribution in [0.4, 0.5) is 5.95 Å². The number of piperazine rings is 1. The molecule has 0 aliphatic carbocycles. The van der Waals surface area contributed by atoms with Gasteiger partial charge in [-0.1, -0.05) is 6.92 Å². The van der Waals surface area contributed by atoms with Crippen LogP contribution in [-0.2, 0) is 7.05 Å². The summed E-state index contributed by atoms with van der Waals surface area (Å²) in [6.07, 6.45) is 0.883. The summed E-state index contributed by atoms with van der Waals surface area (Å²) in [5.41, 5.74) is 0.140. The number of fused-ring (bicyclic) bond motifs is 1. The molecule has 23 heavy (non-hydrogen) atoms. The van der Waals surface area contributed by atoms with Gasteiger partial charge < -0.3 is 14.4 Å². The molecule has 0 aromatic carbocycles. The summed E-state index contributed by atoms with van der Waals surface area (Å²) in [5, 5.41) is 0. The van der Waals surface area contributed by atoms with E-state index in [4.69, 9.17) is 0 Å². The summed E-state index contributed by atoms with van der Waals surface area (Å²) in [4.78, 5) is 35.8. The molecule has 1 aliphatic heterocycles. The molecule has 3 rings (SSSR count). The van der Waals surface area contributed by atoms with E-state index in [0.29, 0.717) is 11.2 Å². The van der Waals surface area contributed by atoms with Crippen LogP contribution in [0.3, 0.4) is 0 Å². The quantitative estimate of drug-likeness (QED) is 0.871. The summed E-state index contributed by atoms with van der Waals surface area (Å²) in [6, 6.07) is 0.133. The molecule has 0 spiro atoms. The number of nitrogens with zero attached hydrogens (tertiary/aromatic N) is 5. The van der Waals surface area contributed by atoms with Gasteiger partial charge in [-0.3, -0.25) is 14.3 Å². The van der Waals surface area contributed by atoms with Crippen LogP contribution in [0.1, 0.15) is 26.3 Å². The molecule has 3 heterocycles. The fourth-order valence-corrected chi connectivity index (χ4v) is 3.02. The minimum atomic E-state index is -0.429. The van der Waals surface area contributed by atoms with Crippen molar-refractivity contribution >= 4 is 17.1 Å². The smallest absolute Gasteiger partial charge is 0.329 e. The van der Waals surface area contributed by atoms with Gasteiger partial charge in [0.05, 0.1) is 0 Å². The molecule has 0 amide bonds. The Balaban J connectivity index is 2.24. The van der Waals surface area contributed by atoms with Gasteiger partial charge in [0, 0.05) is 39.3 Å². The van der Waals surface area contributed by atoms with Crippen molar-refractivity contribution in [3.63, 3.8) is 0 Å². The zero-order valence-corrected chi connectivity index (χ0v) is 14.2. The monoisotopic (exact) mass is 320 g/mol. The van der Waals surface area contributed by atoms with Gasteiger partial charge in [0.25, 0.3) is 5.56 Å². The maximum absolute atomic E-state index is 12.4. The van der Waals surface area contributed by atoms with Gasteiger partial charge in [0.15, 0.2) is 11.2 Å². The first kappa shape index (κ1) is 15.8. The number of aryl methyl sites for hydroxylation is 1. The Morgan fingerprint density at radius 3 is 2.43 bits per heavy atom. The predicted molar refractivity (Wildman–Crippen MR) is 90.3 cm³/mol. The molecule has 126 valence electrons. The van der Waals surface area contributed by atoms with Crippen molar-refractivity contribution in [1.29, 1.82) is 0 Å². The van der Waals surface area contributed by atoms with Crippen LogP contribution in [-0.4, -0.2) is 57.2 Å². The Hall–Kier alpha value is -2.09. The summed E-state index contributed by atoms with van der Waals surface area (Å²) in [5.74, 6) is 0.786. The average molecular weight is 320 g/mol. The standard InChI is InChI=1S/C15H24N6O2/c1-5-10(2)21-11-12(19(4)15(23)17-13(11)22)16-14(21)20-8-6-18(3)7-9-20/h10H,5-9H2,1-4H3,(H,17,22,23). The number of hydrogen-bond donors (Lipinski definition) is 1. The predicted octanol–water partition coefficient (Wildman–Crippen LogP) is 0.146. The highest BCUT2D eigenvalue weighted by atomic mass is 16.2. The molecule has 0 radical (unpaired) electrons. The number of nitrogens with one attached hydrogen (secondary N) is 1. The maximum Gasteiger partial charge on any atom is 0.329 e. The molecule has 2 aromatic rings. The van der Waals surface area contributed by atoms with Crippen molar-refractivity contribution in [2.24, 2.45) is 7.05 Å². The molecule has 0 saturated carbocycles. The third-order valence-corrected chi connectivity index (χ3v) is 4.75. The number of H-pyrrole nitrogens is 1. The third-order valence-electron chi connectivity index (χ3n) is 4.75. The Kier molecular flexibility index (Phi) is 4.01. The molecule has 8 heteroatoms. The molecule has 0 bridgehead atoms. The molecule has 1 N–H and O–H groups in total. The zero-order chi connectivity index (χ0) is 16.7. The van der Waals surface area contributed by atoms with E-state index in [0.717, 1.165) is 38.5 Å². The van der Waals surface area contributed by atoms with E-state index in [1.54, 1.807) is 7.05 Å². The fraction of sp³-hybridized carbons (Fsp3) is 0.667. The third kappa shape index (κ3) is 2.56. The normalized spacial score (nSPS) is 17.8. The highest BCUT2D eigenvalue weighted by Gasteiger charge is 2.25. The Bertz CT molecular complexity index is 825. The van der Waals surface area contributed by atoms with Gasteiger partial charge in [-0.2, -0.15) is 4.98 Å². The Labute approximate surface area is 134 Å². The van der Waals surface area contributed by atoms with E-state index in [1.165, 1.54) is 4.57 Å². The van der Waals surface area contributed by atoms with Crippen molar-refractivity contribution in [2.75, 3.05) is 38.1 Å². The van der Waals surface area contributed by atoms with Crippen LogP contribution in [0.25, 0.3) is 11.2 Å². The molecule has 1 unspecified atom stereocenters. The van der Waals surface area contributed by atoms with E-state index in [2.05, 4.69) is 40.7 Å². The van der Waals surface area contributed by atoms with E-state index in [9.17, 15) is 9.59 Å². The lowest BCUT2D eigenvalue weighted by Crippen LogP contribution is -2.45. The Morgan fingerprint density at radius 2 is 1.83 bits per heavy atom.